The Morgan fingerprint density at radius 3 is 2.58 bits per heavy atom. The van der Waals surface area contributed by atoms with Crippen LogP contribution >= 0.6 is 11.6 Å². The zero-order valence-corrected chi connectivity index (χ0v) is 12.2. The Kier molecular flexibility index (Phi) is 4.68. The van der Waals surface area contributed by atoms with Crippen molar-refractivity contribution in [2.45, 2.75) is 38.8 Å². The zero-order chi connectivity index (χ0) is 13.8. The van der Waals surface area contributed by atoms with Crippen LogP contribution < -0.4 is 5.32 Å². The third kappa shape index (κ3) is 3.62. The fourth-order valence-corrected chi connectivity index (χ4v) is 2.71. The molecule has 0 aliphatic carbocycles. The summed E-state index contributed by atoms with van der Waals surface area (Å²) in [5, 5.41) is 12.9. The van der Waals surface area contributed by atoms with Crippen molar-refractivity contribution in [2.24, 2.45) is 0 Å². The van der Waals surface area contributed by atoms with Crippen LogP contribution in [0.15, 0.2) is 18.2 Å². The van der Waals surface area contributed by atoms with E-state index in [0.717, 1.165) is 31.6 Å². The van der Waals surface area contributed by atoms with Crippen LogP contribution in [0.3, 0.4) is 0 Å². The quantitative estimate of drug-likeness (QED) is 0.919. The van der Waals surface area contributed by atoms with Crippen LogP contribution in [-0.4, -0.2) is 30.1 Å². The lowest BCUT2D eigenvalue weighted by molar-refractivity contribution is 0.177. The van der Waals surface area contributed by atoms with E-state index >= 15 is 0 Å². The number of likely N-dealkylation sites (tertiary alicyclic amines) is 1. The summed E-state index contributed by atoms with van der Waals surface area (Å²) in [5.74, 6) is 0. The molecule has 1 aromatic carbocycles. The molecule has 1 saturated heterocycles. The van der Waals surface area contributed by atoms with E-state index in [1.165, 1.54) is 0 Å². The summed E-state index contributed by atoms with van der Waals surface area (Å²) in [7, 11) is 0. The summed E-state index contributed by atoms with van der Waals surface area (Å²) in [4.78, 5) is 2.50. The van der Waals surface area contributed by atoms with Crippen LogP contribution in [0.2, 0.25) is 5.02 Å². The van der Waals surface area contributed by atoms with Crippen LogP contribution in [0, 0.1) is 11.3 Å². The molecule has 1 fully saturated rings. The standard InChI is InChI=1S/C15H20ClN3/c1-11(2)19-7-5-13(6-8-19)18-14-4-3-12(10-17)15(16)9-14/h3-4,9,11,13,18H,5-8H2,1-2H3. The molecule has 0 saturated carbocycles. The Morgan fingerprint density at radius 2 is 2.05 bits per heavy atom. The van der Waals surface area contributed by atoms with Crippen LogP contribution in [0.4, 0.5) is 5.69 Å². The van der Waals surface area contributed by atoms with Gasteiger partial charge in [-0.3, -0.25) is 0 Å². The van der Waals surface area contributed by atoms with Crippen LogP contribution in [0.1, 0.15) is 32.3 Å². The number of nitriles is 1. The number of hydrogen-bond acceptors (Lipinski definition) is 3. The summed E-state index contributed by atoms with van der Waals surface area (Å²) < 4.78 is 0. The van der Waals surface area contributed by atoms with Crippen molar-refractivity contribution in [3.8, 4) is 6.07 Å². The topological polar surface area (TPSA) is 39.1 Å². The molecule has 0 unspecified atom stereocenters. The fraction of sp³-hybridized carbons (Fsp3) is 0.533. The lowest BCUT2D eigenvalue weighted by atomic mass is 10.0. The van der Waals surface area contributed by atoms with E-state index in [-0.39, 0.29) is 0 Å². The van der Waals surface area contributed by atoms with Crippen molar-refractivity contribution >= 4 is 17.3 Å². The van der Waals surface area contributed by atoms with Gasteiger partial charge in [-0.1, -0.05) is 11.6 Å². The predicted molar refractivity (Wildman–Crippen MR) is 79.5 cm³/mol. The van der Waals surface area contributed by atoms with Gasteiger partial charge in [0.2, 0.25) is 0 Å². The molecule has 1 aliphatic rings. The Hall–Kier alpha value is -1.24. The molecule has 0 amide bonds. The van der Waals surface area contributed by atoms with Gasteiger partial charge in [0.25, 0.3) is 0 Å². The molecule has 19 heavy (non-hydrogen) atoms. The van der Waals surface area contributed by atoms with Gasteiger partial charge in [0, 0.05) is 30.9 Å². The number of piperidine rings is 1. The van der Waals surface area contributed by atoms with E-state index in [1.54, 1.807) is 6.07 Å². The number of nitrogens with zero attached hydrogens (tertiary/aromatic N) is 2. The Bertz CT molecular complexity index is 471. The first-order valence-electron chi connectivity index (χ1n) is 6.80. The SMILES string of the molecule is CC(C)N1CCC(Nc2ccc(C#N)c(Cl)c2)CC1. The molecule has 0 aromatic heterocycles. The number of benzene rings is 1. The van der Waals surface area contributed by atoms with E-state index in [1.807, 2.05) is 12.1 Å². The summed E-state index contributed by atoms with van der Waals surface area (Å²) in [6, 6.07) is 8.75. The molecule has 0 bridgehead atoms. The number of anilines is 1. The predicted octanol–water partition coefficient (Wildman–Crippen LogP) is 3.50. The van der Waals surface area contributed by atoms with E-state index in [0.29, 0.717) is 22.7 Å². The lowest BCUT2D eigenvalue weighted by Crippen LogP contribution is -2.42. The first-order valence-corrected chi connectivity index (χ1v) is 7.18. The third-order valence-electron chi connectivity index (χ3n) is 3.72. The smallest absolute Gasteiger partial charge is 0.101 e. The summed E-state index contributed by atoms with van der Waals surface area (Å²) >= 11 is 6.04. The molecule has 1 N–H and O–H groups in total. The second kappa shape index (κ2) is 6.27. The number of hydrogen-bond donors (Lipinski definition) is 1. The highest BCUT2D eigenvalue weighted by Crippen LogP contribution is 2.23. The summed E-state index contributed by atoms with van der Waals surface area (Å²) in [5.41, 5.74) is 1.54. The number of nitrogens with one attached hydrogen (secondary N) is 1. The molecular formula is C15H20ClN3. The molecule has 102 valence electrons. The monoisotopic (exact) mass is 277 g/mol. The Balaban J connectivity index is 1.93. The van der Waals surface area contributed by atoms with Crippen molar-refractivity contribution in [2.75, 3.05) is 18.4 Å². The minimum atomic E-state index is 0.499. The molecule has 0 radical (unpaired) electrons. The highest BCUT2D eigenvalue weighted by Gasteiger charge is 2.20. The molecule has 1 aliphatic heterocycles. The van der Waals surface area contributed by atoms with Crippen molar-refractivity contribution in [1.29, 1.82) is 5.26 Å². The first-order chi connectivity index (χ1) is 9.10. The highest BCUT2D eigenvalue weighted by molar-refractivity contribution is 6.32. The van der Waals surface area contributed by atoms with Gasteiger partial charge in [0.1, 0.15) is 6.07 Å². The third-order valence-corrected chi connectivity index (χ3v) is 4.03. The van der Waals surface area contributed by atoms with Crippen LogP contribution in [-0.2, 0) is 0 Å². The van der Waals surface area contributed by atoms with Gasteiger partial charge >= 0.3 is 0 Å². The van der Waals surface area contributed by atoms with Gasteiger partial charge in [0.05, 0.1) is 10.6 Å². The highest BCUT2D eigenvalue weighted by atomic mass is 35.5. The Labute approximate surface area is 120 Å². The van der Waals surface area contributed by atoms with Crippen molar-refractivity contribution < 1.29 is 0 Å². The van der Waals surface area contributed by atoms with E-state index in [9.17, 15) is 0 Å². The maximum Gasteiger partial charge on any atom is 0.101 e. The molecule has 2 rings (SSSR count). The van der Waals surface area contributed by atoms with Gasteiger partial charge in [-0.15, -0.1) is 0 Å². The van der Waals surface area contributed by atoms with Crippen molar-refractivity contribution in [3.63, 3.8) is 0 Å². The first kappa shape index (κ1) is 14.2. The minimum absolute atomic E-state index is 0.499. The van der Waals surface area contributed by atoms with Crippen LogP contribution in [0.25, 0.3) is 0 Å². The molecular weight excluding hydrogens is 258 g/mol. The summed E-state index contributed by atoms with van der Waals surface area (Å²) in [6.45, 7) is 6.76. The van der Waals surface area contributed by atoms with Crippen LogP contribution in [0.5, 0.6) is 0 Å². The molecule has 1 aromatic rings. The van der Waals surface area contributed by atoms with Gasteiger partial charge in [-0.05, 0) is 44.9 Å². The summed E-state index contributed by atoms with van der Waals surface area (Å²) in [6.07, 6.45) is 2.30. The fourth-order valence-electron chi connectivity index (χ4n) is 2.49. The lowest BCUT2D eigenvalue weighted by Gasteiger charge is -2.35. The van der Waals surface area contributed by atoms with Crippen molar-refractivity contribution in [1.82, 2.24) is 4.90 Å². The van der Waals surface area contributed by atoms with Gasteiger partial charge in [0.15, 0.2) is 0 Å². The maximum absolute atomic E-state index is 8.85. The largest absolute Gasteiger partial charge is 0.382 e. The molecule has 4 heteroatoms. The van der Waals surface area contributed by atoms with Gasteiger partial charge in [-0.25, -0.2) is 0 Å². The van der Waals surface area contributed by atoms with E-state index in [4.69, 9.17) is 16.9 Å². The maximum atomic E-state index is 8.85. The number of halogens is 1. The average molecular weight is 278 g/mol. The molecule has 0 spiro atoms. The Morgan fingerprint density at radius 1 is 1.37 bits per heavy atom. The second-order valence-corrected chi connectivity index (χ2v) is 5.76. The number of rotatable bonds is 3. The molecule has 3 nitrogen and oxygen atoms in total. The second-order valence-electron chi connectivity index (χ2n) is 5.35. The molecule has 0 atom stereocenters. The molecule has 1 heterocycles. The average Bonchev–Trinajstić information content (AvgIpc) is 2.39. The zero-order valence-electron chi connectivity index (χ0n) is 11.5. The normalized spacial score (nSPS) is 17.4. The minimum Gasteiger partial charge on any atom is -0.382 e. The van der Waals surface area contributed by atoms with E-state index < -0.39 is 0 Å². The van der Waals surface area contributed by atoms with Crippen molar-refractivity contribution in [3.05, 3.63) is 28.8 Å². The van der Waals surface area contributed by atoms with Gasteiger partial charge < -0.3 is 10.2 Å². The van der Waals surface area contributed by atoms with Gasteiger partial charge in [-0.2, -0.15) is 5.26 Å². The van der Waals surface area contributed by atoms with E-state index in [2.05, 4.69) is 30.1 Å².